The minimum Gasteiger partial charge on any atom is -0.493 e. The Bertz CT molecular complexity index is 698. The van der Waals surface area contributed by atoms with E-state index in [0.29, 0.717) is 18.1 Å². The summed E-state index contributed by atoms with van der Waals surface area (Å²) in [5, 5.41) is 10.6. The Morgan fingerprint density at radius 2 is 1.71 bits per heavy atom. The Morgan fingerprint density at radius 1 is 1.04 bits per heavy atom. The standard InChI is InChI=1S/C17H17NO6/c1-2-10-22-15-4-3-5-16(11-15)23-12-17(19)24-14-8-6-13(7-9-14)18(20)21/h3-9,11H,2,10,12H2,1H3. The Hall–Kier alpha value is -3.09. The van der Waals surface area contributed by atoms with Gasteiger partial charge in [-0.2, -0.15) is 0 Å². The minimum absolute atomic E-state index is 0.0741. The van der Waals surface area contributed by atoms with E-state index in [-0.39, 0.29) is 18.0 Å². The maximum absolute atomic E-state index is 11.7. The minimum atomic E-state index is -0.608. The van der Waals surface area contributed by atoms with Gasteiger partial charge in [0.15, 0.2) is 6.61 Å². The van der Waals surface area contributed by atoms with Gasteiger partial charge >= 0.3 is 5.97 Å². The predicted octanol–water partition coefficient (Wildman–Crippen LogP) is 3.37. The Morgan fingerprint density at radius 3 is 2.33 bits per heavy atom. The largest absolute Gasteiger partial charge is 0.493 e. The van der Waals surface area contributed by atoms with Crippen molar-refractivity contribution in [3.05, 3.63) is 58.6 Å². The van der Waals surface area contributed by atoms with Gasteiger partial charge < -0.3 is 14.2 Å². The van der Waals surface area contributed by atoms with Crippen molar-refractivity contribution in [2.24, 2.45) is 0 Å². The van der Waals surface area contributed by atoms with Gasteiger partial charge in [-0.15, -0.1) is 0 Å². The summed E-state index contributed by atoms with van der Waals surface area (Å²) in [5.41, 5.74) is -0.0741. The van der Waals surface area contributed by atoms with Crippen LogP contribution in [-0.2, 0) is 4.79 Å². The molecule has 2 aromatic rings. The van der Waals surface area contributed by atoms with E-state index in [4.69, 9.17) is 14.2 Å². The molecule has 0 aliphatic rings. The van der Waals surface area contributed by atoms with E-state index in [1.54, 1.807) is 24.3 Å². The Kier molecular flexibility index (Phi) is 6.13. The molecule has 2 rings (SSSR count). The van der Waals surface area contributed by atoms with Crippen LogP contribution in [0, 0.1) is 10.1 Å². The molecular weight excluding hydrogens is 314 g/mol. The van der Waals surface area contributed by atoms with Crippen LogP contribution < -0.4 is 14.2 Å². The summed E-state index contributed by atoms with van der Waals surface area (Å²) in [5.74, 6) is 0.764. The fraction of sp³-hybridized carbons (Fsp3) is 0.235. The lowest BCUT2D eigenvalue weighted by molar-refractivity contribution is -0.384. The van der Waals surface area contributed by atoms with Crippen LogP contribution in [0.5, 0.6) is 17.2 Å². The molecule has 0 aliphatic carbocycles. The summed E-state index contributed by atoms with van der Waals surface area (Å²) in [6.45, 7) is 2.33. The average molecular weight is 331 g/mol. The molecule has 0 amide bonds. The first-order chi connectivity index (χ1) is 11.6. The SMILES string of the molecule is CCCOc1cccc(OCC(=O)Oc2ccc([N+](=O)[O-])cc2)c1. The maximum atomic E-state index is 11.7. The summed E-state index contributed by atoms with van der Waals surface area (Å²) in [6, 6.07) is 12.2. The number of carbonyl (C=O) groups excluding carboxylic acids is 1. The van der Waals surface area contributed by atoms with E-state index in [1.807, 2.05) is 6.92 Å². The fourth-order valence-electron chi connectivity index (χ4n) is 1.81. The summed E-state index contributed by atoms with van der Waals surface area (Å²) >= 11 is 0. The van der Waals surface area contributed by atoms with Gasteiger partial charge in [0.05, 0.1) is 11.5 Å². The second-order valence-corrected chi connectivity index (χ2v) is 4.84. The van der Waals surface area contributed by atoms with Crippen molar-refractivity contribution in [3.63, 3.8) is 0 Å². The molecule has 0 N–H and O–H groups in total. The monoisotopic (exact) mass is 331 g/mol. The average Bonchev–Trinajstić information content (AvgIpc) is 2.59. The van der Waals surface area contributed by atoms with E-state index in [1.165, 1.54) is 24.3 Å². The lowest BCUT2D eigenvalue weighted by Gasteiger charge is -2.09. The highest BCUT2D eigenvalue weighted by molar-refractivity contribution is 5.74. The van der Waals surface area contributed by atoms with Gasteiger partial charge in [0.1, 0.15) is 17.2 Å². The zero-order chi connectivity index (χ0) is 17.4. The highest BCUT2D eigenvalue weighted by Crippen LogP contribution is 2.20. The zero-order valence-electron chi connectivity index (χ0n) is 13.1. The van der Waals surface area contributed by atoms with Gasteiger partial charge in [0, 0.05) is 18.2 Å². The normalized spacial score (nSPS) is 10.0. The zero-order valence-corrected chi connectivity index (χ0v) is 13.1. The maximum Gasteiger partial charge on any atom is 0.349 e. The number of rotatable bonds is 8. The van der Waals surface area contributed by atoms with Crippen molar-refractivity contribution in [1.82, 2.24) is 0 Å². The van der Waals surface area contributed by atoms with E-state index in [9.17, 15) is 14.9 Å². The summed E-state index contributed by atoms with van der Waals surface area (Å²) in [6.07, 6.45) is 0.895. The molecule has 24 heavy (non-hydrogen) atoms. The number of hydrogen-bond acceptors (Lipinski definition) is 6. The van der Waals surface area contributed by atoms with Crippen molar-refractivity contribution in [2.45, 2.75) is 13.3 Å². The quantitative estimate of drug-likeness (QED) is 0.319. The molecule has 0 saturated heterocycles. The van der Waals surface area contributed by atoms with Crippen LogP contribution in [0.1, 0.15) is 13.3 Å². The highest BCUT2D eigenvalue weighted by Gasteiger charge is 2.09. The van der Waals surface area contributed by atoms with E-state index in [2.05, 4.69) is 0 Å². The first-order valence-electron chi connectivity index (χ1n) is 7.39. The Labute approximate surface area is 138 Å². The summed E-state index contributed by atoms with van der Waals surface area (Å²) in [7, 11) is 0. The highest BCUT2D eigenvalue weighted by atomic mass is 16.6. The number of non-ortho nitro benzene ring substituents is 1. The van der Waals surface area contributed by atoms with Gasteiger partial charge in [-0.1, -0.05) is 13.0 Å². The number of benzene rings is 2. The molecule has 0 spiro atoms. The van der Waals surface area contributed by atoms with E-state index < -0.39 is 10.9 Å². The molecule has 0 saturated carbocycles. The number of hydrogen-bond donors (Lipinski definition) is 0. The second-order valence-electron chi connectivity index (χ2n) is 4.84. The van der Waals surface area contributed by atoms with Gasteiger partial charge in [-0.05, 0) is 30.7 Å². The fourth-order valence-corrected chi connectivity index (χ4v) is 1.81. The van der Waals surface area contributed by atoms with Crippen LogP contribution in [-0.4, -0.2) is 24.1 Å². The molecule has 0 atom stereocenters. The van der Waals surface area contributed by atoms with Crippen LogP contribution in [0.15, 0.2) is 48.5 Å². The lowest BCUT2D eigenvalue weighted by Crippen LogP contribution is -2.17. The molecule has 2 aromatic carbocycles. The summed E-state index contributed by atoms with van der Waals surface area (Å²) < 4.78 is 15.9. The summed E-state index contributed by atoms with van der Waals surface area (Å²) in [4.78, 5) is 21.8. The number of nitro groups is 1. The Balaban J connectivity index is 1.85. The number of nitrogens with zero attached hydrogens (tertiary/aromatic N) is 1. The number of ether oxygens (including phenoxy) is 3. The number of nitro benzene ring substituents is 1. The molecular formula is C17H17NO6. The topological polar surface area (TPSA) is 87.9 Å². The molecule has 126 valence electrons. The molecule has 0 unspecified atom stereocenters. The van der Waals surface area contributed by atoms with Crippen molar-refractivity contribution in [3.8, 4) is 17.2 Å². The van der Waals surface area contributed by atoms with Crippen molar-refractivity contribution in [1.29, 1.82) is 0 Å². The molecule has 0 fully saturated rings. The molecule has 7 heteroatoms. The predicted molar refractivity (Wildman–Crippen MR) is 86.5 cm³/mol. The van der Waals surface area contributed by atoms with Crippen molar-refractivity contribution >= 4 is 11.7 Å². The van der Waals surface area contributed by atoms with E-state index in [0.717, 1.165) is 6.42 Å². The van der Waals surface area contributed by atoms with Gasteiger partial charge in [-0.25, -0.2) is 4.79 Å². The van der Waals surface area contributed by atoms with Crippen LogP contribution in [0.4, 0.5) is 5.69 Å². The second kappa shape index (κ2) is 8.52. The molecule has 0 aromatic heterocycles. The van der Waals surface area contributed by atoms with Crippen molar-refractivity contribution in [2.75, 3.05) is 13.2 Å². The molecule has 7 nitrogen and oxygen atoms in total. The van der Waals surface area contributed by atoms with Crippen LogP contribution >= 0.6 is 0 Å². The van der Waals surface area contributed by atoms with E-state index >= 15 is 0 Å². The number of esters is 1. The first kappa shape index (κ1) is 17.3. The van der Waals surface area contributed by atoms with Gasteiger partial charge in [0.25, 0.3) is 5.69 Å². The molecule has 0 bridgehead atoms. The third kappa shape index (κ3) is 5.28. The first-order valence-corrected chi connectivity index (χ1v) is 7.39. The third-order valence-electron chi connectivity index (χ3n) is 2.91. The van der Waals surface area contributed by atoms with Gasteiger partial charge in [-0.3, -0.25) is 10.1 Å². The molecule has 0 heterocycles. The van der Waals surface area contributed by atoms with Crippen molar-refractivity contribution < 1.29 is 23.9 Å². The van der Waals surface area contributed by atoms with Crippen LogP contribution in [0.3, 0.4) is 0 Å². The van der Waals surface area contributed by atoms with Crippen LogP contribution in [0.2, 0.25) is 0 Å². The number of carbonyl (C=O) groups is 1. The molecule has 0 radical (unpaired) electrons. The lowest BCUT2D eigenvalue weighted by atomic mass is 10.3. The third-order valence-corrected chi connectivity index (χ3v) is 2.91. The smallest absolute Gasteiger partial charge is 0.349 e. The van der Waals surface area contributed by atoms with Crippen LogP contribution in [0.25, 0.3) is 0 Å². The molecule has 0 aliphatic heterocycles. The van der Waals surface area contributed by atoms with Gasteiger partial charge in [0.2, 0.25) is 0 Å².